The van der Waals surface area contributed by atoms with E-state index in [0.717, 1.165) is 18.5 Å². The largest absolute Gasteiger partial charge is 0.481 e. The van der Waals surface area contributed by atoms with E-state index in [2.05, 4.69) is 19.2 Å². The number of benzene rings is 1. The Morgan fingerprint density at radius 2 is 2.00 bits per heavy atom. The average Bonchev–Trinajstić information content (AvgIpc) is 2.85. The Kier molecular flexibility index (Phi) is 6.02. The van der Waals surface area contributed by atoms with Crippen molar-refractivity contribution in [2.24, 2.45) is 5.92 Å². The van der Waals surface area contributed by atoms with Crippen LogP contribution in [0.1, 0.15) is 38.7 Å². The van der Waals surface area contributed by atoms with Crippen LogP contribution < -0.4 is 5.32 Å². The molecule has 0 saturated carbocycles. The first-order valence-corrected chi connectivity index (χ1v) is 8.30. The summed E-state index contributed by atoms with van der Waals surface area (Å²) in [6.07, 6.45) is 2.17. The molecule has 0 spiro atoms. The maximum Gasteiger partial charge on any atom is 0.317 e. The number of nitrogens with one attached hydrogen (secondary N) is 1. The molecule has 1 aromatic carbocycles. The van der Waals surface area contributed by atoms with Gasteiger partial charge in [0.15, 0.2) is 0 Å². The minimum atomic E-state index is -0.833. The quantitative estimate of drug-likeness (QED) is 0.847. The van der Waals surface area contributed by atoms with Crippen LogP contribution in [-0.4, -0.2) is 40.6 Å². The second-order valence-corrected chi connectivity index (χ2v) is 6.47. The highest BCUT2D eigenvalue weighted by Gasteiger charge is 2.31. The summed E-state index contributed by atoms with van der Waals surface area (Å²) >= 11 is 0. The second kappa shape index (κ2) is 7.99. The number of urea groups is 1. The lowest BCUT2D eigenvalue weighted by atomic mass is 10.0. The molecule has 126 valence electrons. The van der Waals surface area contributed by atoms with Gasteiger partial charge in [0.2, 0.25) is 0 Å². The van der Waals surface area contributed by atoms with Crippen LogP contribution in [-0.2, 0) is 11.2 Å². The number of nitrogens with zero attached hydrogens (tertiary/aromatic N) is 1. The van der Waals surface area contributed by atoms with Gasteiger partial charge in [-0.05, 0) is 37.7 Å². The fourth-order valence-electron chi connectivity index (χ4n) is 3.06. The number of carboxylic acid groups (broad SMARTS) is 1. The zero-order valence-corrected chi connectivity index (χ0v) is 13.9. The van der Waals surface area contributed by atoms with Gasteiger partial charge in [-0.3, -0.25) is 4.79 Å². The average molecular weight is 318 g/mol. The molecule has 0 aromatic heterocycles. The summed E-state index contributed by atoms with van der Waals surface area (Å²) in [6.45, 7) is 5.00. The highest BCUT2D eigenvalue weighted by atomic mass is 16.4. The molecule has 5 heteroatoms. The maximum atomic E-state index is 12.5. The van der Waals surface area contributed by atoms with Crippen molar-refractivity contribution in [2.45, 2.75) is 51.6 Å². The lowest BCUT2D eigenvalue weighted by Crippen LogP contribution is -2.47. The van der Waals surface area contributed by atoms with E-state index in [4.69, 9.17) is 5.11 Å². The monoisotopic (exact) mass is 318 g/mol. The van der Waals surface area contributed by atoms with Crippen molar-refractivity contribution in [3.8, 4) is 0 Å². The van der Waals surface area contributed by atoms with Crippen molar-refractivity contribution in [3.63, 3.8) is 0 Å². The number of rotatable bonds is 6. The van der Waals surface area contributed by atoms with Gasteiger partial charge in [-0.15, -0.1) is 0 Å². The number of carbonyl (C=O) groups excluding carboxylic acids is 1. The standard InChI is InChI=1S/C18H26N2O3/c1-13-10-11-20(14(13)2)18(23)19-16(8-9-17(21)22)12-15-6-4-3-5-7-15/h3-7,13-14,16H,8-12H2,1-2H3,(H,19,23)(H,21,22). The van der Waals surface area contributed by atoms with E-state index < -0.39 is 5.97 Å². The summed E-state index contributed by atoms with van der Waals surface area (Å²) in [6, 6.07) is 9.84. The van der Waals surface area contributed by atoms with Gasteiger partial charge in [0.05, 0.1) is 0 Å². The number of amides is 2. The van der Waals surface area contributed by atoms with Crippen molar-refractivity contribution >= 4 is 12.0 Å². The molecule has 1 fully saturated rings. The molecule has 1 heterocycles. The lowest BCUT2D eigenvalue weighted by molar-refractivity contribution is -0.137. The van der Waals surface area contributed by atoms with Gasteiger partial charge in [-0.2, -0.15) is 0 Å². The molecule has 0 radical (unpaired) electrons. The highest BCUT2D eigenvalue weighted by molar-refractivity contribution is 5.75. The zero-order chi connectivity index (χ0) is 16.8. The van der Waals surface area contributed by atoms with Gasteiger partial charge in [-0.1, -0.05) is 37.3 Å². The summed E-state index contributed by atoms with van der Waals surface area (Å²) in [7, 11) is 0. The molecule has 2 rings (SSSR count). The Balaban J connectivity index is 1.98. The van der Waals surface area contributed by atoms with Crippen LogP contribution in [0.5, 0.6) is 0 Å². The molecule has 1 aromatic rings. The van der Waals surface area contributed by atoms with Crippen LogP contribution in [0.25, 0.3) is 0 Å². The van der Waals surface area contributed by atoms with Crippen molar-refractivity contribution < 1.29 is 14.7 Å². The van der Waals surface area contributed by atoms with Crippen molar-refractivity contribution in [1.82, 2.24) is 10.2 Å². The Hall–Kier alpha value is -2.04. The summed E-state index contributed by atoms with van der Waals surface area (Å²) < 4.78 is 0. The molecule has 5 nitrogen and oxygen atoms in total. The topological polar surface area (TPSA) is 69.6 Å². The number of aliphatic carboxylic acids is 1. The molecule has 2 N–H and O–H groups in total. The van der Waals surface area contributed by atoms with E-state index >= 15 is 0 Å². The van der Waals surface area contributed by atoms with E-state index in [9.17, 15) is 9.59 Å². The predicted molar refractivity (Wildman–Crippen MR) is 89.3 cm³/mol. The van der Waals surface area contributed by atoms with Gasteiger partial charge in [0, 0.05) is 25.0 Å². The summed E-state index contributed by atoms with van der Waals surface area (Å²) in [5, 5.41) is 12.0. The van der Waals surface area contributed by atoms with Gasteiger partial charge in [0.25, 0.3) is 0 Å². The fourth-order valence-corrected chi connectivity index (χ4v) is 3.06. The van der Waals surface area contributed by atoms with Gasteiger partial charge >= 0.3 is 12.0 Å². The highest BCUT2D eigenvalue weighted by Crippen LogP contribution is 2.23. The Labute approximate surface area is 137 Å². The lowest BCUT2D eigenvalue weighted by Gasteiger charge is -2.27. The van der Waals surface area contributed by atoms with E-state index in [1.807, 2.05) is 35.2 Å². The van der Waals surface area contributed by atoms with Crippen LogP contribution in [0.2, 0.25) is 0 Å². The zero-order valence-electron chi connectivity index (χ0n) is 13.9. The smallest absolute Gasteiger partial charge is 0.317 e. The van der Waals surface area contributed by atoms with Gasteiger partial charge < -0.3 is 15.3 Å². The van der Waals surface area contributed by atoms with E-state index in [-0.39, 0.29) is 24.5 Å². The first-order valence-electron chi connectivity index (χ1n) is 8.30. The number of carboxylic acids is 1. The van der Waals surface area contributed by atoms with Crippen LogP contribution in [0.3, 0.4) is 0 Å². The Morgan fingerprint density at radius 1 is 1.30 bits per heavy atom. The van der Waals surface area contributed by atoms with Crippen LogP contribution >= 0.6 is 0 Å². The van der Waals surface area contributed by atoms with Crippen LogP contribution in [0.4, 0.5) is 4.79 Å². The number of carbonyl (C=O) groups is 2. The summed E-state index contributed by atoms with van der Waals surface area (Å²) in [5.74, 6) is -0.326. The van der Waals surface area contributed by atoms with Gasteiger partial charge in [-0.25, -0.2) is 4.79 Å². The second-order valence-electron chi connectivity index (χ2n) is 6.47. The SMILES string of the molecule is CC1CCN(C(=O)NC(CCC(=O)O)Cc2ccccc2)C1C. The van der Waals surface area contributed by atoms with Crippen molar-refractivity contribution in [2.75, 3.05) is 6.54 Å². The molecule has 23 heavy (non-hydrogen) atoms. The summed E-state index contributed by atoms with van der Waals surface area (Å²) in [5.41, 5.74) is 1.10. The number of hydrogen-bond donors (Lipinski definition) is 2. The molecular formula is C18H26N2O3. The third kappa shape index (κ3) is 4.98. The Bertz CT molecular complexity index is 532. The van der Waals surface area contributed by atoms with Crippen molar-refractivity contribution in [3.05, 3.63) is 35.9 Å². The first-order chi connectivity index (χ1) is 11.0. The molecule has 1 aliphatic rings. The van der Waals surface area contributed by atoms with Crippen LogP contribution in [0.15, 0.2) is 30.3 Å². The van der Waals surface area contributed by atoms with Crippen molar-refractivity contribution in [1.29, 1.82) is 0 Å². The third-order valence-electron chi connectivity index (χ3n) is 4.76. The summed E-state index contributed by atoms with van der Waals surface area (Å²) in [4.78, 5) is 25.2. The molecule has 0 bridgehead atoms. The molecule has 1 saturated heterocycles. The predicted octanol–water partition coefficient (Wildman–Crippen LogP) is 2.90. The normalized spacial score (nSPS) is 21.9. The number of likely N-dealkylation sites (tertiary alicyclic amines) is 1. The third-order valence-corrected chi connectivity index (χ3v) is 4.76. The van der Waals surface area contributed by atoms with E-state index in [1.165, 1.54) is 0 Å². The minimum absolute atomic E-state index is 0.0593. The molecule has 3 atom stereocenters. The first kappa shape index (κ1) is 17.3. The maximum absolute atomic E-state index is 12.5. The molecular weight excluding hydrogens is 292 g/mol. The molecule has 1 aliphatic heterocycles. The van der Waals surface area contributed by atoms with E-state index in [1.54, 1.807) is 0 Å². The number of hydrogen-bond acceptors (Lipinski definition) is 2. The Morgan fingerprint density at radius 3 is 2.57 bits per heavy atom. The minimum Gasteiger partial charge on any atom is -0.481 e. The fraction of sp³-hybridized carbons (Fsp3) is 0.556. The molecule has 0 aliphatic carbocycles. The van der Waals surface area contributed by atoms with E-state index in [0.29, 0.717) is 18.8 Å². The molecule has 2 amide bonds. The van der Waals surface area contributed by atoms with Gasteiger partial charge in [0.1, 0.15) is 0 Å². The van der Waals surface area contributed by atoms with Crippen LogP contribution in [0, 0.1) is 5.92 Å². The molecule has 3 unspecified atom stereocenters.